The maximum Gasteiger partial charge on any atom is 0.145 e. The summed E-state index contributed by atoms with van der Waals surface area (Å²) >= 11 is 1.62. The molecule has 0 amide bonds. The van der Waals surface area contributed by atoms with E-state index in [1.165, 1.54) is 18.5 Å². The first-order valence-electron chi connectivity index (χ1n) is 7.73. The van der Waals surface area contributed by atoms with E-state index in [4.69, 9.17) is 0 Å². The van der Waals surface area contributed by atoms with E-state index < -0.39 is 4.75 Å². The van der Waals surface area contributed by atoms with E-state index in [1.54, 1.807) is 18.7 Å². The maximum absolute atomic E-state index is 11.8. The Hall–Kier alpha value is -1.61. The van der Waals surface area contributed by atoms with Crippen LogP contribution in [0.25, 0.3) is 11.1 Å². The van der Waals surface area contributed by atoms with Crippen LogP contribution in [0.3, 0.4) is 0 Å². The molecular weight excluding hydrogens is 290 g/mol. The van der Waals surface area contributed by atoms with Crippen LogP contribution in [0.15, 0.2) is 47.5 Å². The first-order chi connectivity index (χ1) is 10.5. The minimum Gasteiger partial charge on any atom is -0.298 e. The van der Waals surface area contributed by atoms with Crippen molar-refractivity contribution >= 4 is 17.5 Å². The molecule has 1 heterocycles. The Kier molecular flexibility index (Phi) is 4.09. The Morgan fingerprint density at radius 3 is 2.50 bits per heavy atom. The number of rotatable bonds is 5. The molecule has 1 aliphatic carbocycles. The fourth-order valence-electron chi connectivity index (χ4n) is 2.33. The quantitative estimate of drug-likeness (QED) is 0.721. The largest absolute Gasteiger partial charge is 0.298 e. The van der Waals surface area contributed by atoms with Crippen LogP contribution in [-0.2, 0) is 4.79 Å². The zero-order valence-corrected chi connectivity index (χ0v) is 14.1. The highest BCUT2D eigenvalue weighted by atomic mass is 32.2. The second-order valence-corrected chi connectivity index (χ2v) is 8.08. The molecule has 2 nitrogen and oxygen atoms in total. The molecule has 114 valence electrons. The van der Waals surface area contributed by atoms with Gasteiger partial charge in [0.15, 0.2) is 0 Å². The predicted octanol–water partition coefficient (Wildman–Crippen LogP) is 5.09. The van der Waals surface area contributed by atoms with Crippen molar-refractivity contribution in [3.05, 3.63) is 48.3 Å². The van der Waals surface area contributed by atoms with Gasteiger partial charge < -0.3 is 0 Å². The molecule has 2 aromatic rings. The number of ketones is 1. The Labute approximate surface area is 136 Å². The first-order valence-corrected chi connectivity index (χ1v) is 8.54. The van der Waals surface area contributed by atoms with Crippen molar-refractivity contribution in [1.29, 1.82) is 0 Å². The molecule has 1 saturated carbocycles. The van der Waals surface area contributed by atoms with Crippen LogP contribution >= 0.6 is 11.8 Å². The van der Waals surface area contributed by atoms with E-state index in [0.717, 1.165) is 16.0 Å². The van der Waals surface area contributed by atoms with Gasteiger partial charge in [0.1, 0.15) is 5.78 Å². The van der Waals surface area contributed by atoms with E-state index in [1.807, 2.05) is 32.2 Å². The Morgan fingerprint density at radius 2 is 1.91 bits per heavy atom. The zero-order valence-electron chi connectivity index (χ0n) is 13.3. The van der Waals surface area contributed by atoms with E-state index in [-0.39, 0.29) is 5.78 Å². The van der Waals surface area contributed by atoms with Gasteiger partial charge >= 0.3 is 0 Å². The van der Waals surface area contributed by atoms with E-state index in [0.29, 0.717) is 5.92 Å². The average molecular weight is 311 g/mol. The molecule has 1 aromatic carbocycles. The van der Waals surface area contributed by atoms with Gasteiger partial charge in [-0.15, -0.1) is 11.8 Å². The molecular formula is C19H21NOS. The summed E-state index contributed by atoms with van der Waals surface area (Å²) < 4.78 is -0.419. The minimum atomic E-state index is -0.419. The lowest BCUT2D eigenvalue weighted by Gasteiger charge is -2.22. The number of nitrogens with zero attached hydrogens (tertiary/aromatic N) is 1. The molecule has 1 aliphatic rings. The summed E-state index contributed by atoms with van der Waals surface area (Å²) in [5, 5.41) is 0. The number of hydrogen-bond acceptors (Lipinski definition) is 3. The van der Waals surface area contributed by atoms with Crippen molar-refractivity contribution in [1.82, 2.24) is 4.98 Å². The standard InChI is InChI=1S/C19H21NOS/c1-13(21)19(2,3)22-18-7-5-4-6-16(18)15-10-11-17(20-12-15)14-8-9-14/h4-7,10-12,14H,8-9H2,1-3H3. The van der Waals surface area contributed by atoms with Gasteiger partial charge in [0.05, 0.1) is 4.75 Å². The molecule has 0 atom stereocenters. The molecule has 0 radical (unpaired) electrons. The van der Waals surface area contributed by atoms with Crippen LogP contribution in [0, 0.1) is 0 Å². The number of hydrogen-bond donors (Lipinski definition) is 0. The topological polar surface area (TPSA) is 30.0 Å². The number of benzene rings is 1. The molecule has 3 rings (SSSR count). The number of carbonyl (C=O) groups is 1. The van der Waals surface area contributed by atoms with Gasteiger partial charge in [0.2, 0.25) is 0 Å². The normalized spacial score (nSPS) is 14.9. The summed E-state index contributed by atoms with van der Waals surface area (Å²) in [7, 11) is 0. The average Bonchev–Trinajstić information content (AvgIpc) is 3.32. The SMILES string of the molecule is CC(=O)C(C)(C)Sc1ccccc1-c1ccc(C2CC2)nc1. The lowest BCUT2D eigenvalue weighted by atomic mass is 10.1. The summed E-state index contributed by atoms with van der Waals surface area (Å²) in [6.45, 7) is 5.61. The highest BCUT2D eigenvalue weighted by Gasteiger charge is 2.27. The fraction of sp³-hybridized carbons (Fsp3) is 0.368. The van der Waals surface area contributed by atoms with Gasteiger partial charge in [-0.3, -0.25) is 9.78 Å². The van der Waals surface area contributed by atoms with Crippen LogP contribution in [0.2, 0.25) is 0 Å². The van der Waals surface area contributed by atoms with Crippen LogP contribution in [0.5, 0.6) is 0 Å². The maximum atomic E-state index is 11.8. The van der Waals surface area contributed by atoms with Gasteiger partial charge in [0, 0.05) is 28.3 Å². The first kappa shape index (κ1) is 15.3. The third kappa shape index (κ3) is 3.25. The lowest BCUT2D eigenvalue weighted by molar-refractivity contribution is -0.118. The van der Waals surface area contributed by atoms with E-state index in [2.05, 4.69) is 29.2 Å². The smallest absolute Gasteiger partial charge is 0.145 e. The number of carbonyl (C=O) groups excluding carboxylic acids is 1. The molecule has 0 N–H and O–H groups in total. The van der Waals surface area contributed by atoms with Crippen molar-refractivity contribution < 1.29 is 4.79 Å². The summed E-state index contributed by atoms with van der Waals surface area (Å²) in [6.07, 6.45) is 4.50. The van der Waals surface area contributed by atoms with Crippen molar-refractivity contribution in [2.45, 2.75) is 49.2 Å². The second-order valence-electron chi connectivity index (χ2n) is 6.41. The molecule has 1 fully saturated rings. The fourth-order valence-corrected chi connectivity index (χ4v) is 3.46. The van der Waals surface area contributed by atoms with Gasteiger partial charge in [-0.2, -0.15) is 0 Å². The van der Waals surface area contributed by atoms with Crippen LogP contribution < -0.4 is 0 Å². The lowest BCUT2D eigenvalue weighted by Crippen LogP contribution is -2.24. The number of Topliss-reactive ketones (excluding diaryl/α,β-unsaturated/α-hetero) is 1. The van der Waals surface area contributed by atoms with Gasteiger partial charge in [-0.25, -0.2) is 0 Å². The summed E-state index contributed by atoms with van der Waals surface area (Å²) in [5.41, 5.74) is 3.47. The Morgan fingerprint density at radius 1 is 1.18 bits per heavy atom. The van der Waals surface area contributed by atoms with Crippen molar-refractivity contribution in [3.63, 3.8) is 0 Å². The second kappa shape index (κ2) is 5.88. The van der Waals surface area contributed by atoms with Gasteiger partial charge in [-0.05, 0) is 51.3 Å². The molecule has 22 heavy (non-hydrogen) atoms. The Bertz CT molecular complexity index is 687. The van der Waals surface area contributed by atoms with Crippen LogP contribution in [0.1, 0.15) is 45.2 Å². The number of aromatic nitrogens is 1. The summed E-state index contributed by atoms with van der Waals surface area (Å²) in [5.74, 6) is 0.866. The number of pyridine rings is 1. The van der Waals surface area contributed by atoms with Crippen molar-refractivity contribution in [2.75, 3.05) is 0 Å². The van der Waals surface area contributed by atoms with Crippen LogP contribution in [0.4, 0.5) is 0 Å². The molecule has 0 spiro atoms. The number of thioether (sulfide) groups is 1. The van der Waals surface area contributed by atoms with Gasteiger partial charge in [-0.1, -0.05) is 24.3 Å². The highest BCUT2D eigenvalue weighted by molar-refractivity contribution is 8.01. The molecule has 0 bridgehead atoms. The van der Waals surface area contributed by atoms with Crippen LogP contribution in [-0.4, -0.2) is 15.5 Å². The zero-order chi connectivity index (χ0) is 15.7. The van der Waals surface area contributed by atoms with E-state index in [9.17, 15) is 4.79 Å². The minimum absolute atomic E-state index is 0.189. The highest BCUT2D eigenvalue weighted by Crippen LogP contribution is 2.41. The summed E-state index contributed by atoms with van der Waals surface area (Å²) in [6, 6.07) is 12.5. The third-order valence-corrected chi connectivity index (χ3v) is 5.57. The predicted molar refractivity (Wildman–Crippen MR) is 92.3 cm³/mol. The van der Waals surface area contributed by atoms with Crippen molar-refractivity contribution in [3.8, 4) is 11.1 Å². The molecule has 0 saturated heterocycles. The van der Waals surface area contributed by atoms with Gasteiger partial charge in [0.25, 0.3) is 0 Å². The molecule has 1 aromatic heterocycles. The van der Waals surface area contributed by atoms with Crippen molar-refractivity contribution in [2.24, 2.45) is 0 Å². The Balaban J connectivity index is 1.91. The van der Waals surface area contributed by atoms with E-state index >= 15 is 0 Å². The molecule has 3 heteroatoms. The third-order valence-electron chi connectivity index (χ3n) is 4.19. The monoisotopic (exact) mass is 311 g/mol. The molecule has 0 unspecified atom stereocenters. The molecule has 0 aliphatic heterocycles. The summed E-state index contributed by atoms with van der Waals surface area (Å²) in [4.78, 5) is 17.6.